The molecule has 0 aromatic heterocycles. The molecule has 6 heteroatoms. The second kappa shape index (κ2) is 10.0. The van der Waals surface area contributed by atoms with Crippen LogP contribution in [0.2, 0.25) is 0 Å². The number of carbonyl (C=O) groups is 2. The zero-order valence-electron chi connectivity index (χ0n) is 16.8. The van der Waals surface area contributed by atoms with Crippen LogP contribution in [0.5, 0.6) is 0 Å². The van der Waals surface area contributed by atoms with Crippen molar-refractivity contribution in [1.82, 2.24) is 15.1 Å². The van der Waals surface area contributed by atoms with Gasteiger partial charge in [-0.2, -0.15) is 0 Å². The summed E-state index contributed by atoms with van der Waals surface area (Å²) in [6.07, 6.45) is 7.08. The molecule has 1 N–H and O–H groups in total. The van der Waals surface area contributed by atoms with E-state index in [4.69, 9.17) is 0 Å². The van der Waals surface area contributed by atoms with Gasteiger partial charge in [0.25, 0.3) is 0 Å². The van der Waals surface area contributed by atoms with E-state index in [9.17, 15) is 14.0 Å². The van der Waals surface area contributed by atoms with Crippen molar-refractivity contribution < 1.29 is 14.0 Å². The van der Waals surface area contributed by atoms with Crippen molar-refractivity contribution in [3.05, 3.63) is 35.6 Å². The normalized spacial score (nSPS) is 20.8. The van der Waals surface area contributed by atoms with E-state index in [1.165, 1.54) is 31.7 Å². The maximum absolute atomic E-state index is 13.9. The van der Waals surface area contributed by atoms with E-state index >= 15 is 0 Å². The summed E-state index contributed by atoms with van der Waals surface area (Å²) >= 11 is 0. The summed E-state index contributed by atoms with van der Waals surface area (Å²) in [7, 11) is 2.17. The highest BCUT2D eigenvalue weighted by Crippen LogP contribution is 2.23. The van der Waals surface area contributed by atoms with Gasteiger partial charge < -0.3 is 15.1 Å². The smallest absolute Gasteiger partial charge is 0.224 e. The molecule has 0 spiro atoms. The monoisotopic (exact) mass is 389 g/mol. The lowest BCUT2D eigenvalue weighted by atomic mass is 9.96. The van der Waals surface area contributed by atoms with Gasteiger partial charge in [0, 0.05) is 37.7 Å². The molecule has 1 saturated carbocycles. The molecule has 1 atom stereocenters. The van der Waals surface area contributed by atoms with E-state index in [0.29, 0.717) is 37.5 Å². The third-order valence-electron chi connectivity index (χ3n) is 6.12. The van der Waals surface area contributed by atoms with Gasteiger partial charge in [-0.1, -0.05) is 31.0 Å². The molecule has 1 saturated heterocycles. The van der Waals surface area contributed by atoms with E-state index in [-0.39, 0.29) is 30.1 Å². The minimum Gasteiger partial charge on any atom is -0.356 e. The summed E-state index contributed by atoms with van der Waals surface area (Å²) in [5.74, 6) is -0.523. The van der Waals surface area contributed by atoms with Crippen LogP contribution < -0.4 is 5.32 Å². The predicted molar refractivity (Wildman–Crippen MR) is 107 cm³/mol. The van der Waals surface area contributed by atoms with Gasteiger partial charge >= 0.3 is 0 Å². The van der Waals surface area contributed by atoms with E-state index in [1.54, 1.807) is 23.1 Å². The molecular formula is C22H32FN3O2. The Morgan fingerprint density at radius 1 is 1.25 bits per heavy atom. The number of hydrogen-bond acceptors (Lipinski definition) is 3. The quantitative estimate of drug-likeness (QED) is 0.696. The van der Waals surface area contributed by atoms with Gasteiger partial charge in [-0.3, -0.25) is 9.59 Å². The molecule has 0 unspecified atom stereocenters. The fourth-order valence-electron chi connectivity index (χ4n) is 4.33. The van der Waals surface area contributed by atoms with E-state index in [1.807, 2.05) is 0 Å². The average Bonchev–Trinajstić information content (AvgIpc) is 3.23. The number of benzene rings is 1. The van der Waals surface area contributed by atoms with Crippen molar-refractivity contribution >= 4 is 11.8 Å². The lowest BCUT2D eigenvalue weighted by Crippen LogP contribution is -2.45. The average molecular weight is 390 g/mol. The highest BCUT2D eigenvalue weighted by molar-refractivity contribution is 5.83. The van der Waals surface area contributed by atoms with Gasteiger partial charge in [0.1, 0.15) is 5.82 Å². The first-order chi connectivity index (χ1) is 13.5. The molecule has 2 aliphatic rings. The molecule has 1 aromatic carbocycles. The molecule has 2 fully saturated rings. The maximum atomic E-state index is 13.9. The second-order valence-electron chi connectivity index (χ2n) is 8.16. The van der Waals surface area contributed by atoms with Crippen LogP contribution >= 0.6 is 0 Å². The number of nitrogens with one attached hydrogen (secondary N) is 1. The number of amides is 2. The minimum atomic E-state index is -0.312. The molecule has 1 aliphatic carbocycles. The summed E-state index contributed by atoms with van der Waals surface area (Å²) in [4.78, 5) is 28.8. The SMILES string of the molecule is CN(CCCNC(=O)[C@@H]1CCC(=O)N(Cc2ccccc2F)C1)C1CCCC1. The van der Waals surface area contributed by atoms with Crippen LogP contribution in [0.4, 0.5) is 4.39 Å². The van der Waals surface area contributed by atoms with Crippen molar-refractivity contribution in [3.63, 3.8) is 0 Å². The fraction of sp³-hybridized carbons (Fsp3) is 0.636. The number of piperidine rings is 1. The van der Waals surface area contributed by atoms with Gasteiger partial charge in [-0.05, 0) is 45.3 Å². The first-order valence-electron chi connectivity index (χ1n) is 10.5. The summed E-state index contributed by atoms with van der Waals surface area (Å²) in [6.45, 7) is 2.24. The van der Waals surface area contributed by atoms with Gasteiger partial charge in [0.05, 0.1) is 5.92 Å². The van der Waals surface area contributed by atoms with Crippen LogP contribution in [0.15, 0.2) is 24.3 Å². The Bertz CT molecular complexity index is 676. The fourth-order valence-corrected chi connectivity index (χ4v) is 4.33. The number of halogens is 1. The lowest BCUT2D eigenvalue weighted by molar-refractivity contribution is -0.138. The molecule has 28 heavy (non-hydrogen) atoms. The first-order valence-corrected chi connectivity index (χ1v) is 10.5. The third-order valence-corrected chi connectivity index (χ3v) is 6.12. The lowest BCUT2D eigenvalue weighted by Gasteiger charge is -2.32. The number of rotatable bonds is 8. The maximum Gasteiger partial charge on any atom is 0.224 e. The first kappa shape index (κ1) is 20.8. The molecule has 5 nitrogen and oxygen atoms in total. The van der Waals surface area contributed by atoms with Crippen molar-refractivity contribution in [2.24, 2.45) is 5.92 Å². The summed E-state index contributed by atoms with van der Waals surface area (Å²) in [5.41, 5.74) is 0.492. The molecule has 2 amide bonds. The van der Waals surface area contributed by atoms with Gasteiger partial charge in [0.2, 0.25) is 11.8 Å². The molecule has 1 aliphatic heterocycles. The summed E-state index contributed by atoms with van der Waals surface area (Å²) in [5, 5.41) is 3.03. The van der Waals surface area contributed by atoms with Crippen LogP contribution in [0.1, 0.15) is 50.5 Å². The van der Waals surface area contributed by atoms with Crippen LogP contribution in [0, 0.1) is 11.7 Å². The highest BCUT2D eigenvalue weighted by Gasteiger charge is 2.30. The number of hydrogen-bond donors (Lipinski definition) is 1. The molecule has 154 valence electrons. The van der Waals surface area contributed by atoms with Crippen molar-refractivity contribution in [3.8, 4) is 0 Å². The van der Waals surface area contributed by atoms with Crippen LogP contribution in [0.3, 0.4) is 0 Å². The highest BCUT2D eigenvalue weighted by atomic mass is 19.1. The van der Waals surface area contributed by atoms with Crippen LogP contribution in [-0.4, -0.2) is 54.3 Å². The Labute approximate surface area is 167 Å². The molecular weight excluding hydrogens is 357 g/mol. The largest absolute Gasteiger partial charge is 0.356 e. The van der Waals surface area contributed by atoms with E-state index in [2.05, 4.69) is 17.3 Å². The van der Waals surface area contributed by atoms with Gasteiger partial charge in [0.15, 0.2) is 0 Å². The Hall–Kier alpha value is -1.95. The van der Waals surface area contributed by atoms with Crippen molar-refractivity contribution in [2.45, 2.75) is 57.5 Å². The molecule has 3 rings (SSSR count). The second-order valence-corrected chi connectivity index (χ2v) is 8.16. The topological polar surface area (TPSA) is 52.7 Å². The molecule has 0 radical (unpaired) electrons. The Morgan fingerprint density at radius 2 is 2.00 bits per heavy atom. The zero-order valence-corrected chi connectivity index (χ0v) is 16.8. The number of carbonyl (C=O) groups excluding carboxylic acids is 2. The Kier molecular flexibility index (Phi) is 7.43. The van der Waals surface area contributed by atoms with Crippen LogP contribution in [0.25, 0.3) is 0 Å². The predicted octanol–water partition coefficient (Wildman–Crippen LogP) is 2.95. The van der Waals surface area contributed by atoms with Crippen LogP contribution in [-0.2, 0) is 16.1 Å². The third kappa shape index (κ3) is 5.53. The molecule has 1 heterocycles. The number of nitrogens with zero attached hydrogens (tertiary/aromatic N) is 2. The Balaban J connectivity index is 1.42. The standard InChI is InChI=1S/C22H32FN3O2/c1-25(19-8-3-4-9-19)14-6-13-24-22(28)18-11-12-21(27)26(16-18)15-17-7-2-5-10-20(17)23/h2,5,7,10,18-19H,3-4,6,8-9,11-16H2,1H3,(H,24,28)/t18-/m1/s1. The molecule has 0 bridgehead atoms. The minimum absolute atomic E-state index is 0.00880. The number of likely N-dealkylation sites (tertiary alicyclic amines) is 1. The summed E-state index contributed by atoms with van der Waals surface area (Å²) < 4.78 is 13.9. The van der Waals surface area contributed by atoms with Crippen molar-refractivity contribution in [2.75, 3.05) is 26.7 Å². The van der Waals surface area contributed by atoms with Gasteiger partial charge in [-0.15, -0.1) is 0 Å². The zero-order chi connectivity index (χ0) is 19.9. The summed E-state index contributed by atoms with van der Waals surface area (Å²) in [6, 6.07) is 7.19. The molecule has 1 aromatic rings. The van der Waals surface area contributed by atoms with Crippen molar-refractivity contribution in [1.29, 1.82) is 0 Å². The van der Waals surface area contributed by atoms with Gasteiger partial charge in [-0.25, -0.2) is 4.39 Å². The van der Waals surface area contributed by atoms with E-state index in [0.717, 1.165) is 13.0 Å². The van der Waals surface area contributed by atoms with E-state index < -0.39 is 0 Å². The Morgan fingerprint density at radius 3 is 2.75 bits per heavy atom.